The molecule has 1 amide bonds. The first-order chi connectivity index (χ1) is 10.8. The minimum absolute atomic E-state index is 0.0261. The zero-order valence-electron chi connectivity index (χ0n) is 12.4. The van der Waals surface area contributed by atoms with Crippen molar-refractivity contribution in [2.45, 2.75) is 19.4 Å². The van der Waals surface area contributed by atoms with E-state index in [1.165, 1.54) is 0 Å². The van der Waals surface area contributed by atoms with Gasteiger partial charge in [0.05, 0.1) is 18.0 Å². The molecule has 0 N–H and O–H groups in total. The summed E-state index contributed by atoms with van der Waals surface area (Å²) in [4.78, 5) is 18.4. The quantitative estimate of drug-likeness (QED) is 0.872. The zero-order chi connectivity index (χ0) is 15.4. The van der Waals surface area contributed by atoms with Gasteiger partial charge >= 0.3 is 0 Å². The summed E-state index contributed by atoms with van der Waals surface area (Å²) in [5.74, 6) is 0.613. The number of carbonyl (C=O) groups is 1. The molecule has 2 aromatic rings. The van der Waals surface area contributed by atoms with Crippen molar-refractivity contribution in [3.05, 3.63) is 54.1 Å². The molecule has 5 nitrogen and oxygen atoms in total. The lowest BCUT2D eigenvalue weighted by molar-refractivity contribution is 0.0683. The first-order valence-corrected chi connectivity index (χ1v) is 7.51. The van der Waals surface area contributed by atoms with Crippen molar-refractivity contribution in [2.75, 3.05) is 13.1 Å². The molecule has 0 aliphatic carbocycles. The summed E-state index contributed by atoms with van der Waals surface area (Å²) in [5.41, 5.74) is 1.13. The van der Waals surface area contributed by atoms with E-state index in [1.54, 1.807) is 30.5 Å². The van der Waals surface area contributed by atoms with Gasteiger partial charge in [-0.2, -0.15) is 5.26 Å². The Bertz CT molecular complexity index is 679. The molecule has 0 spiro atoms. The van der Waals surface area contributed by atoms with Crippen molar-refractivity contribution < 1.29 is 4.79 Å². The summed E-state index contributed by atoms with van der Waals surface area (Å²) in [6.07, 6.45) is 7.61. The number of rotatable bonds is 3. The molecule has 1 aliphatic rings. The molecular formula is C17H18N4O. The van der Waals surface area contributed by atoms with E-state index in [-0.39, 0.29) is 5.91 Å². The summed E-state index contributed by atoms with van der Waals surface area (Å²) in [6, 6.07) is 9.00. The second-order valence-electron chi connectivity index (χ2n) is 5.69. The van der Waals surface area contributed by atoms with Gasteiger partial charge in [-0.05, 0) is 37.0 Å². The molecule has 0 saturated carbocycles. The zero-order valence-corrected chi connectivity index (χ0v) is 12.4. The number of nitrogens with zero attached hydrogens (tertiary/aromatic N) is 4. The summed E-state index contributed by atoms with van der Waals surface area (Å²) >= 11 is 0. The second-order valence-corrected chi connectivity index (χ2v) is 5.69. The van der Waals surface area contributed by atoms with Gasteiger partial charge in [0.2, 0.25) is 0 Å². The van der Waals surface area contributed by atoms with Crippen molar-refractivity contribution in [3.8, 4) is 6.07 Å². The topological polar surface area (TPSA) is 61.9 Å². The smallest absolute Gasteiger partial charge is 0.253 e. The number of hydrogen-bond donors (Lipinski definition) is 0. The predicted octanol–water partition coefficient (Wildman–Crippen LogP) is 2.31. The highest BCUT2D eigenvalue weighted by molar-refractivity contribution is 5.94. The molecule has 0 atom stereocenters. The Morgan fingerprint density at radius 3 is 2.86 bits per heavy atom. The van der Waals surface area contributed by atoms with Gasteiger partial charge in [0.1, 0.15) is 0 Å². The van der Waals surface area contributed by atoms with Crippen molar-refractivity contribution in [2.24, 2.45) is 5.92 Å². The Morgan fingerprint density at radius 1 is 1.36 bits per heavy atom. The molecule has 0 bridgehead atoms. The van der Waals surface area contributed by atoms with E-state index in [0.717, 1.165) is 32.5 Å². The lowest BCUT2D eigenvalue weighted by atomic mass is 9.96. The Hall–Kier alpha value is -2.61. The number of aromatic nitrogens is 2. The van der Waals surface area contributed by atoms with E-state index in [9.17, 15) is 4.79 Å². The van der Waals surface area contributed by atoms with Crippen molar-refractivity contribution in [3.63, 3.8) is 0 Å². The van der Waals surface area contributed by atoms with Crippen LogP contribution in [0.3, 0.4) is 0 Å². The minimum atomic E-state index is 0.0261. The lowest BCUT2D eigenvalue weighted by Gasteiger charge is -2.32. The summed E-state index contributed by atoms with van der Waals surface area (Å²) in [5, 5.41) is 8.93. The first kappa shape index (κ1) is 14.3. The van der Waals surface area contributed by atoms with Crippen LogP contribution in [-0.4, -0.2) is 33.4 Å². The minimum Gasteiger partial charge on any atom is -0.339 e. The number of likely N-dealkylation sites (tertiary alicyclic amines) is 1. The second kappa shape index (κ2) is 6.44. The molecule has 5 heteroatoms. The maximum Gasteiger partial charge on any atom is 0.253 e. The molecule has 22 heavy (non-hydrogen) atoms. The molecule has 3 rings (SSSR count). The number of nitriles is 1. The number of amides is 1. The number of carbonyl (C=O) groups excluding carboxylic acids is 1. The number of imidazole rings is 1. The van der Waals surface area contributed by atoms with Crippen LogP contribution < -0.4 is 0 Å². The maximum atomic E-state index is 12.5. The monoisotopic (exact) mass is 294 g/mol. The van der Waals surface area contributed by atoms with E-state index < -0.39 is 0 Å². The summed E-state index contributed by atoms with van der Waals surface area (Å²) in [7, 11) is 0. The van der Waals surface area contributed by atoms with Crippen LogP contribution in [0.2, 0.25) is 0 Å². The van der Waals surface area contributed by atoms with Gasteiger partial charge in [-0.1, -0.05) is 6.07 Å². The largest absolute Gasteiger partial charge is 0.339 e. The van der Waals surface area contributed by atoms with Gasteiger partial charge in [0.25, 0.3) is 5.91 Å². The van der Waals surface area contributed by atoms with Crippen LogP contribution in [-0.2, 0) is 6.54 Å². The van der Waals surface area contributed by atoms with Crippen LogP contribution in [0.5, 0.6) is 0 Å². The average molecular weight is 294 g/mol. The third-order valence-electron chi connectivity index (χ3n) is 4.17. The van der Waals surface area contributed by atoms with E-state index in [4.69, 9.17) is 5.26 Å². The molecule has 112 valence electrons. The highest BCUT2D eigenvalue weighted by Gasteiger charge is 2.23. The molecule has 1 saturated heterocycles. The van der Waals surface area contributed by atoms with Crippen molar-refractivity contribution in [1.82, 2.24) is 14.5 Å². The van der Waals surface area contributed by atoms with E-state index in [0.29, 0.717) is 17.0 Å². The molecule has 0 unspecified atom stereocenters. The molecule has 1 aromatic heterocycles. The van der Waals surface area contributed by atoms with E-state index in [1.807, 2.05) is 17.4 Å². The third-order valence-corrected chi connectivity index (χ3v) is 4.17. The van der Waals surface area contributed by atoms with Gasteiger partial charge in [-0.15, -0.1) is 0 Å². The SMILES string of the molecule is N#Cc1cccc(C(=O)N2CCC(Cn3ccnc3)CC2)c1. The molecule has 1 aromatic carbocycles. The predicted molar refractivity (Wildman–Crippen MR) is 82.0 cm³/mol. The lowest BCUT2D eigenvalue weighted by Crippen LogP contribution is -2.39. The Morgan fingerprint density at radius 2 is 2.18 bits per heavy atom. The van der Waals surface area contributed by atoms with Crippen LogP contribution in [0.1, 0.15) is 28.8 Å². The average Bonchev–Trinajstić information content (AvgIpc) is 3.08. The molecule has 1 aliphatic heterocycles. The Kier molecular flexibility index (Phi) is 4.19. The number of piperidine rings is 1. The van der Waals surface area contributed by atoms with Crippen LogP contribution in [0.25, 0.3) is 0 Å². The molecular weight excluding hydrogens is 276 g/mol. The van der Waals surface area contributed by atoms with Crippen LogP contribution >= 0.6 is 0 Å². The fourth-order valence-corrected chi connectivity index (χ4v) is 2.92. The first-order valence-electron chi connectivity index (χ1n) is 7.51. The molecule has 0 radical (unpaired) electrons. The fourth-order valence-electron chi connectivity index (χ4n) is 2.92. The summed E-state index contributed by atoms with van der Waals surface area (Å²) in [6.45, 7) is 2.51. The van der Waals surface area contributed by atoms with Gasteiger partial charge in [-0.25, -0.2) is 4.98 Å². The fraction of sp³-hybridized carbons (Fsp3) is 0.353. The Balaban J connectivity index is 1.58. The van der Waals surface area contributed by atoms with Gasteiger partial charge in [0, 0.05) is 37.6 Å². The molecule has 2 heterocycles. The summed E-state index contributed by atoms with van der Waals surface area (Å²) < 4.78 is 2.10. The maximum absolute atomic E-state index is 12.5. The van der Waals surface area contributed by atoms with E-state index >= 15 is 0 Å². The van der Waals surface area contributed by atoms with Crippen molar-refractivity contribution >= 4 is 5.91 Å². The normalized spacial score (nSPS) is 15.5. The number of benzene rings is 1. The standard InChI is InChI=1S/C17H18N4O/c18-11-15-2-1-3-16(10-15)17(22)21-7-4-14(5-8-21)12-20-9-6-19-13-20/h1-3,6,9-10,13-14H,4-5,7-8,12H2. The van der Waals surface area contributed by atoms with Crippen LogP contribution in [0.15, 0.2) is 43.0 Å². The van der Waals surface area contributed by atoms with Crippen molar-refractivity contribution in [1.29, 1.82) is 5.26 Å². The van der Waals surface area contributed by atoms with Crippen LogP contribution in [0.4, 0.5) is 0 Å². The van der Waals surface area contributed by atoms with E-state index in [2.05, 4.69) is 15.6 Å². The highest BCUT2D eigenvalue weighted by atomic mass is 16.2. The van der Waals surface area contributed by atoms with Gasteiger partial charge < -0.3 is 9.47 Å². The van der Waals surface area contributed by atoms with Gasteiger partial charge in [-0.3, -0.25) is 4.79 Å². The van der Waals surface area contributed by atoms with Crippen LogP contribution in [0, 0.1) is 17.2 Å². The highest BCUT2D eigenvalue weighted by Crippen LogP contribution is 2.21. The third kappa shape index (κ3) is 3.17. The van der Waals surface area contributed by atoms with Gasteiger partial charge in [0.15, 0.2) is 0 Å². The molecule has 1 fully saturated rings. The Labute approximate surface area is 129 Å². The number of hydrogen-bond acceptors (Lipinski definition) is 3.